The van der Waals surface area contributed by atoms with Gasteiger partial charge in [-0.05, 0) is 89.9 Å². The molecule has 0 bridgehead atoms. The number of ether oxygens (including phenoxy) is 1. The monoisotopic (exact) mass is 723 g/mol. The summed E-state index contributed by atoms with van der Waals surface area (Å²) in [4.78, 5) is 23.3. The highest BCUT2D eigenvalue weighted by Crippen LogP contribution is 2.19. The van der Waals surface area contributed by atoms with E-state index in [4.69, 9.17) is 9.84 Å². The fraction of sp³-hybridized carbons (Fsp3) is 0.708. The molecule has 298 valence electrons. The van der Waals surface area contributed by atoms with Crippen LogP contribution in [0.15, 0.2) is 72.9 Å². The Balaban J connectivity index is 4.03. The van der Waals surface area contributed by atoms with E-state index in [1.54, 1.807) is 0 Å². The molecule has 4 heteroatoms. The second kappa shape index (κ2) is 42.8. The van der Waals surface area contributed by atoms with E-state index in [1.165, 1.54) is 96.3 Å². The van der Waals surface area contributed by atoms with E-state index in [0.717, 1.165) is 89.9 Å². The average molecular weight is 723 g/mol. The van der Waals surface area contributed by atoms with E-state index >= 15 is 0 Å². The summed E-state index contributed by atoms with van der Waals surface area (Å²) in [6.07, 6.45) is 60.9. The molecular weight excluding hydrogens is 641 g/mol. The van der Waals surface area contributed by atoms with Crippen LogP contribution in [0.2, 0.25) is 0 Å². The molecule has 1 atom stereocenters. The molecular formula is C48H82O4. The summed E-state index contributed by atoms with van der Waals surface area (Å²) in [5.74, 6) is -0.672. The maximum atomic E-state index is 12.7. The number of carbonyl (C=O) groups excluding carboxylic acids is 1. The molecule has 0 aliphatic carbocycles. The molecule has 0 radical (unpaired) electrons. The highest BCUT2D eigenvalue weighted by atomic mass is 16.5. The molecule has 0 fully saturated rings. The van der Waals surface area contributed by atoms with Gasteiger partial charge in [0.1, 0.15) is 6.10 Å². The quantitative estimate of drug-likeness (QED) is 0.0390. The van der Waals surface area contributed by atoms with Gasteiger partial charge in [0.15, 0.2) is 0 Å². The van der Waals surface area contributed by atoms with E-state index in [2.05, 4.69) is 86.8 Å². The van der Waals surface area contributed by atoms with Crippen molar-refractivity contribution in [3.63, 3.8) is 0 Å². The Bertz CT molecular complexity index is 953. The molecule has 1 unspecified atom stereocenters. The fourth-order valence-corrected chi connectivity index (χ4v) is 6.25. The van der Waals surface area contributed by atoms with Crippen molar-refractivity contribution in [1.29, 1.82) is 0 Å². The fourth-order valence-electron chi connectivity index (χ4n) is 6.25. The van der Waals surface area contributed by atoms with Crippen LogP contribution in [0, 0.1) is 0 Å². The summed E-state index contributed by atoms with van der Waals surface area (Å²) in [7, 11) is 0. The molecule has 0 saturated carbocycles. The number of rotatable bonds is 39. The lowest BCUT2D eigenvalue weighted by Crippen LogP contribution is -2.18. The first kappa shape index (κ1) is 49.4. The number of carboxylic acid groups (broad SMARTS) is 1. The zero-order valence-corrected chi connectivity index (χ0v) is 34.1. The first-order valence-corrected chi connectivity index (χ1v) is 21.9. The number of carbonyl (C=O) groups is 2. The molecule has 0 aromatic rings. The molecule has 4 nitrogen and oxygen atoms in total. The standard InChI is InChI=1S/C48H82O4/c1-3-5-7-9-11-12-13-14-15-16-17-18-19-20-21-22-27-30-33-37-41-45-48(51)52-46(42-38-34-10-8-6-4-2)43-39-35-31-28-25-23-24-26-29-32-36-40-44-47(49)50/h5,7,11-12,14-15,17-18,20-21,27,30,46H,3-4,6,8-10,13,16,19,22-26,28-29,31-45H2,1-2H3,(H,49,50)/b7-5-,12-11-,15-14-,18-17-,21-20-,30-27-. The number of unbranched alkanes of at least 4 members (excludes halogenated alkanes) is 18. The van der Waals surface area contributed by atoms with Gasteiger partial charge in [-0.25, -0.2) is 0 Å². The molecule has 0 spiro atoms. The zero-order valence-electron chi connectivity index (χ0n) is 34.1. The topological polar surface area (TPSA) is 63.6 Å². The number of esters is 1. The average Bonchev–Trinajstić information content (AvgIpc) is 3.13. The lowest BCUT2D eigenvalue weighted by atomic mass is 10.0. The minimum Gasteiger partial charge on any atom is -0.481 e. The van der Waals surface area contributed by atoms with E-state index < -0.39 is 5.97 Å². The lowest BCUT2D eigenvalue weighted by molar-refractivity contribution is -0.150. The summed E-state index contributed by atoms with van der Waals surface area (Å²) in [5.41, 5.74) is 0. The molecule has 0 heterocycles. The Hall–Kier alpha value is -2.62. The molecule has 1 N–H and O–H groups in total. The van der Waals surface area contributed by atoms with Crippen molar-refractivity contribution < 1.29 is 19.4 Å². The van der Waals surface area contributed by atoms with Gasteiger partial charge in [-0.15, -0.1) is 0 Å². The Morgan fingerprint density at radius 3 is 1.23 bits per heavy atom. The molecule has 0 aliphatic rings. The van der Waals surface area contributed by atoms with Crippen LogP contribution in [0.4, 0.5) is 0 Å². The van der Waals surface area contributed by atoms with E-state index in [-0.39, 0.29) is 12.1 Å². The van der Waals surface area contributed by atoms with Crippen LogP contribution in [0.3, 0.4) is 0 Å². The summed E-state index contributed by atoms with van der Waals surface area (Å²) in [5, 5.41) is 8.71. The maximum absolute atomic E-state index is 12.7. The SMILES string of the molecule is CC/C=C\C/C=C\C/C=C\C/C=C\C/C=C\C/C=C\CCCCC(=O)OC(CCCCCCCC)CCCCCCCCCCCCCCC(=O)O. The summed E-state index contributed by atoms with van der Waals surface area (Å²) >= 11 is 0. The van der Waals surface area contributed by atoms with Gasteiger partial charge in [-0.1, -0.05) is 183 Å². The van der Waals surface area contributed by atoms with Crippen molar-refractivity contribution in [2.45, 2.75) is 219 Å². The number of carboxylic acids is 1. The Kier molecular flexibility index (Phi) is 40.6. The van der Waals surface area contributed by atoms with Crippen molar-refractivity contribution in [3.8, 4) is 0 Å². The van der Waals surface area contributed by atoms with Gasteiger partial charge in [0.25, 0.3) is 0 Å². The van der Waals surface area contributed by atoms with Crippen LogP contribution >= 0.6 is 0 Å². The Morgan fingerprint density at radius 2 is 0.808 bits per heavy atom. The third-order valence-electron chi connectivity index (χ3n) is 9.44. The van der Waals surface area contributed by atoms with E-state index in [0.29, 0.717) is 12.8 Å². The van der Waals surface area contributed by atoms with Gasteiger partial charge in [0.05, 0.1) is 0 Å². The van der Waals surface area contributed by atoms with Crippen molar-refractivity contribution in [2.75, 3.05) is 0 Å². The molecule has 0 aromatic carbocycles. The number of allylic oxidation sites excluding steroid dienone is 12. The minimum atomic E-state index is -0.673. The Morgan fingerprint density at radius 1 is 0.442 bits per heavy atom. The largest absolute Gasteiger partial charge is 0.481 e. The molecule has 0 aliphatic heterocycles. The lowest BCUT2D eigenvalue weighted by Gasteiger charge is -2.18. The van der Waals surface area contributed by atoms with Gasteiger partial charge in [-0.2, -0.15) is 0 Å². The van der Waals surface area contributed by atoms with Gasteiger partial charge >= 0.3 is 11.9 Å². The van der Waals surface area contributed by atoms with Crippen LogP contribution in [0.25, 0.3) is 0 Å². The van der Waals surface area contributed by atoms with Crippen LogP contribution in [0.5, 0.6) is 0 Å². The minimum absolute atomic E-state index is 0.000582. The highest BCUT2D eigenvalue weighted by Gasteiger charge is 2.14. The van der Waals surface area contributed by atoms with E-state index in [1.807, 2.05) is 0 Å². The number of hydrogen-bond donors (Lipinski definition) is 1. The smallest absolute Gasteiger partial charge is 0.306 e. The van der Waals surface area contributed by atoms with E-state index in [9.17, 15) is 9.59 Å². The first-order valence-electron chi connectivity index (χ1n) is 21.9. The van der Waals surface area contributed by atoms with Crippen molar-refractivity contribution in [1.82, 2.24) is 0 Å². The second-order valence-corrected chi connectivity index (χ2v) is 14.5. The highest BCUT2D eigenvalue weighted by molar-refractivity contribution is 5.69. The second-order valence-electron chi connectivity index (χ2n) is 14.5. The number of aliphatic carboxylic acids is 1. The third kappa shape index (κ3) is 41.8. The van der Waals surface area contributed by atoms with Gasteiger partial charge in [0.2, 0.25) is 0 Å². The maximum Gasteiger partial charge on any atom is 0.306 e. The number of hydrogen-bond acceptors (Lipinski definition) is 3. The summed E-state index contributed by atoms with van der Waals surface area (Å²) < 4.78 is 6.03. The summed E-state index contributed by atoms with van der Waals surface area (Å²) in [6, 6.07) is 0. The zero-order chi connectivity index (χ0) is 37.8. The van der Waals surface area contributed by atoms with Crippen LogP contribution in [0.1, 0.15) is 213 Å². The predicted octanol–water partition coefficient (Wildman–Crippen LogP) is 15.5. The normalized spacial score (nSPS) is 13.0. The van der Waals surface area contributed by atoms with Crippen molar-refractivity contribution in [2.24, 2.45) is 0 Å². The molecule has 0 aromatic heterocycles. The predicted molar refractivity (Wildman–Crippen MR) is 227 cm³/mol. The summed E-state index contributed by atoms with van der Waals surface area (Å²) in [6.45, 7) is 4.42. The third-order valence-corrected chi connectivity index (χ3v) is 9.44. The van der Waals surface area contributed by atoms with Crippen LogP contribution in [-0.2, 0) is 14.3 Å². The molecule has 52 heavy (non-hydrogen) atoms. The molecule has 0 amide bonds. The van der Waals surface area contributed by atoms with Crippen molar-refractivity contribution in [3.05, 3.63) is 72.9 Å². The molecule has 0 rings (SSSR count). The first-order chi connectivity index (χ1) is 25.6. The Labute approximate surface area is 322 Å². The van der Waals surface area contributed by atoms with Gasteiger partial charge < -0.3 is 9.84 Å². The van der Waals surface area contributed by atoms with Crippen LogP contribution < -0.4 is 0 Å². The van der Waals surface area contributed by atoms with Gasteiger partial charge in [-0.3, -0.25) is 9.59 Å². The van der Waals surface area contributed by atoms with Gasteiger partial charge in [0, 0.05) is 12.8 Å². The molecule has 0 saturated heterocycles. The van der Waals surface area contributed by atoms with Crippen LogP contribution in [-0.4, -0.2) is 23.1 Å². The van der Waals surface area contributed by atoms with Crippen molar-refractivity contribution >= 4 is 11.9 Å².